The fourth-order valence-electron chi connectivity index (χ4n) is 3.32. The van der Waals surface area contributed by atoms with Crippen LogP contribution >= 0.6 is 0 Å². The molecule has 0 radical (unpaired) electrons. The van der Waals surface area contributed by atoms with Gasteiger partial charge in [0.1, 0.15) is 0 Å². The van der Waals surface area contributed by atoms with Crippen LogP contribution in [0.15, 0.2) is 0 Å². The minimum Gasteiger partial charge on any atom is -0.313 e. The van der Waals surface area contributed by atoms with E-state index in [4.69, 9.17) is 5.26 Å². The van der Waals surface area contributed by atoms with Gasteiger partial charge in [-0.25, -0.2) is 0 Å². The number of nitrogens with one attached hydrogen (secondary N) is 1. The second-order valence-electron chi connectivity index (χ2n) is 6.51. The maximum Gasteiger partial charge on any atom is 0.0628 e. The van der Waals surface area contributed by atoms with Crippen molar-refractivity contribution in [2.45, 2.75) is 64.8 Å². The van der Waals surface area contributed by atoms with Gasteiger partial charge in [0.05, 0.1) is 6.07 Å². The van der Waals surface area contributed by atoms with Crippen LogP contribution in [0.1, 0.15) is 58.8 Å². The zero-order valence-electron chi connectivity index (χ0n) is 11.3. The quantitative estimate of drug-likeness (QED) is 0.790. The minimum atomic E-state index is 0.355. The van der Waals surface area contributed by atoms with Crippen LogP contribution in [0.25, 0.3) is 0 Å². The summed E-state index contributed by atoms with van der Waals surface area (Å²) in [6.45, 7) is 5.79. The molecule has 2 fully saturated rings. The zero-order valence-corrected chi connectivity index (χ0v) is 11.3. The van der Waals surface area contributed by atoms with Crippen molar-refractivity contribution in [1.29, 1.82) is 5.26 Å². The van der Waals surface area contributed by atoms with Crippen molar-refractivity contribution < 1.29 is 0 Å². The Morgan fingerprint density at radius 3 is 2.59 bits per heavy atom. The van der Waals surface area contributed by atoms with Crippen LogP contribution in [0.5, 0.6) is 0 Å². The Morgan fingerprint density at radius 2 is 2.00 bits per heavy atom. The molecule has 2 unspecified atom stereocenters. The van der Waals surface area contributed by atoms with E-state index in [1.54, 1.807) is 0 Å². The molecule has 2 atom stereocenters. The number of hydrogen-bond acceptors (Lipinski definition) is 2. The lowest BCUT2D eigenvalue weighted by atomic mass is 9.77. The molecule has 0 aliphatic heterocycles. The van der Waals surface area contributed by atoms with Crippen LogP contribution in [-0.4, -0.2) is 12.6 Å². The molecular formula is C15H26N2. The molecule has 2 aliphatic rings. The lowest BCUT2D eigenvalue weighted by molar-refractivity contribution is 0.197. The molecule has 0 heterocycles. The van der Waals surface area contributed by atoms with Crippen LogP contribution in [0.2, 0.25) is 0 Å². The van der Waals surface area contributed by atoms with Crippen LogP contribution in [-0.2, 0) is 0 Å². The van der Waals surface area contributed by atoms with E-state index in [0.29, 0.717) is 11.5 Å². The molecule has 2 nitrogen and oxygen atoms in total. The molecule has 1 N–H and O–H groups in total. The molecule has 0 aromatic rings. The fraction of sp³-hybridized carbons (Fsp3) is 0.933. The summed E-state index contributed by atoms with van der Waals surface area (Å²) >= 11 is 0. The van der Waals surface area contributed by atoms with Crippen molar-refractivity contribution in [3.05, 3.63) is 0 Å². The molecule has 2 rings (SSSR count). The first-order chi connectivity index (χ1) is 8.17. The highest BCUT2D eigenvalue weighted by atomic mass is 14.9. The van der Waals surface area contributed by atoms with Crippen molar-refractivity contribution in [3.8, 4) is 6.07 Å². The topological polar surface area (TPSA) is 35.8 Å². The van der Waals surface area contributed by atoms with Crippen LogP contribution in [0, 0.1) is 28.6 Å². The number of nitriles is 1. The molecule has 2 heteroatoms. The van der Waals surface area contributed by atoms with Gasteiger partial charge < -0.3 is 5.32 Å². The summed E-state index contributed by atoms with van der Waals surface area (Å²) in [4.78, 5) is 0. The summed E-state index contributed by atoms with van der Waals surface area (Å²) in [6, 6.07) is 3.06. The third-order valence-corrected chi connectivity index (χ3v) is 4.83. The zero-order chi connectivity index (χ0) is 12.3. The van der Waals surface area contributed by atoms with E-state index in [1.807, 2.05) is 0 Å². The molecule has 0 aromatic carbocycles. The Bertz CT molecular complexity index is 286. The number of hydrogen-bond donors (Lipinski definition) is 1. The second kappa shape index (κ2) is 5.40. The Kier molecular flexibility index (Phi) is 4.09. The lowest BCUT2D eigenvalue weighted by Crippen LogP contribution is -2.43. The van der Waals surface area contributed by atoms with Crippen molar-refractivity contribution in [1.82, 2.24) is 5.32 Å². The maximum absolute atomic E-state index is 8.84. The third-order valence-electron chi connectivity index (χ3n) is 4.83. The predicted octanol–water partition coefficient (Wildman–Crippen LogP) is 3.48. The third kappa shape index (κ3) is 3.22. The van der Waals surface area contributed by atoms with Crippen LogP contribution < -0.4 is 5.32 Å². The lowest BCUT2D eigenvalue weighted by Gasteiger charge is -2.36. The molecular weight excluding hydrogens is 208 g/mol. The van der Waals surface area contributed by atoms with Crippen molar-refractivity contribution in [2.24, 2.45) is 17.3 Å². The highest BCUT2D eigenvalue weighted by molar-refractivity contribution is 5.01. The average molecular weight is 234 g/mol. The molecule has 0 amide bonds. The van der Waals surface area contributed by atoms with E-state index in [1.165, 1.54) is 38.5 Å². The average Bonchev–Trinajstić information content (AvgIpc) is 3.08. The predicted molar refractivity (Wildman–Crippen MR) is 70.5 cm³/mol. The van der Waals surface area contributed by atoms with E-state index in [9.17, 15) is 0 Å². The van der Waals surface area contributed by atoms with Gasteiger partial charge in [-0.3, -0.25) is 0 Å². The van der Waals surface area contributed by atoms with Crippen molar-refractivity contribution >= 4 is 0 Å². The monoisotopic (exact) mass is 234 g/mol. The minimum absolute atomic E-state index is 0.355. The molecule has 17 heavy (non-hydrogen) atoms. The van der Waals surface area contributed by atoms with Gasteiger partial charge in [-0.1, -0.05) is 26.7 Å². The highest BCUT2D eigenvalue weighted by Gasteiger charge is 2.43. The van der Waals surface area contributed by atoms with Gasteiger partial charge in [-0.2, -0.15) is 5.26 Å². The van der Waals surface area contributed by atoms with Gasteiger partial charge in [-0.05, 0) is 42.9 Å². The molecule has 96 valence electrons. The van der Waals surface area contributed by atoms with E-state index in [-0.39, 0.29) is 0 Å². The van der Waals surface area contributed by atoms with E-state index < -0.39 is 0 Å². The summed E-state index contributed by atoms with van der Waals surface area (Å²) in [5.74, 6) is 1.64. The number of nitrogens with zero attached hydrogens (tertiary/aromatic N) is 1. The summed E-state index contributed by atoms with van der Waals surface area (Å²) in [5, 5.41) is 12.6. The van der Waals surface area contributed by atoms with Gasteiger partial charge in [-0.15, -0.1) is 0 Å². The van der Waals surface area contributed by atoms with E-state index in [0.717, 1.165) is 24.8 Å². The van der Waals surface area contributed by atoms with Gasteiger partial charge in [0.25, 0.3) is 0 Å². The summed E-state index contributed by atoms with van der Waals surface area (Å²) in [5.41, 5.74) is 0.355. The van der Waals surface area contributed by atoms with Crippen molar-refractivity contribution in [3.63, 3.8) is 0 Å². The first-order valence-corrected chi connectivity index (χ1v) is 7.27. The molecule has 0 bridgehead atoms. The van der Waals surface area contributed by atoms with Crippen molar-refractivity contribution in [2.75, 3.05) is 6.54 Å². The summed E-state index contributed by atoms with van der Waals surface area (Å²) < 4.78 is 0. The van der Waals surface area contributed by atoms with Gasteiger partial charge in [0.15, 0.2) is 0 Å². The Hall–Kier alpha value is -0.550. The Morgan fingerprint density at radius 1 is 1.29 bits per heavy atom. The molecule has 2 saturated carbocycles. The first kappa shape index (κ1) is 12.9. The summed E-state index contributed by atoms with van der Waals surface area (Å²) in [7, 11) is 0. The Balaban J connectivity index is 1.83. The fourth-order valence-corrected chi connectivity index (χ4v) is 3.32. The number of rotatable bonds is 5. The second-order valence-corrected chi connectivity index (χ2v) is 6.51. The van der Waals surface area contributed by atoms with Gasteiger partial charge in [0, 0.05) is 19.0 Å². The smallest absolute Gasteiger partial charge is 0.0628 e. The highest BCUT2D eigenvalue weighted by Crippen LogP contribution is 2.48. The molecule has 0 aromatic heterocycles. The van der Waals surface area contributed by atoms with Gasteiger partial charge in [0.2, 0.25) is 0 Å². The molecule has 2 aliphatic carbocycles. The van der Waals surface area contributed by atoms with E-state index >= 15 is 0 Å². The Labute approximate surface area is 106 Å². The van der Waals surface area contributed by atoms with Crippen LogP contribution in [0.4, 0.5) is 0 Å². The standard InChI is InChI=1S/C15H26N2/c1-12(2)13-5-3-4-6-14(13)17-11-15(7-8-15)9-10-16/h12-14,17H,3-9,11H2,1-2H3. The maximum atomic E-state index is 8.84. The largest absolute Gasteiger partial charge is 0.313 e. The first-order valence-electron chi connectivity index (χ1n) is 7.27. The summed E-state index contributed by atoms with van der Waals surface area (Å²) in [6.07, 6.45) is 8.78. The van der Waals surface area contributed by atoms with E-state index in [2.05, 4.69) is 25.2 Å². The van der Waals surface area contributed by atoms with Crippen LogP contribution in [0.3, 0.4) is 0 Å². The molecule has 0 spiro atoms. The SMILES string of the molecule is CC(C)C1CCCCC1NCC1(CC#N)CC1. The molecule has 0 saturated heterocycles. The van der Waals surface area contributed by atoms with Gasteiger partial charge >= 0.3 is 0 Å². The normalized spacial score (nSPS) is 31.2.